The van der Waals surface area contributed by atoms with Crippen molar-refractivity contribution in [1.29, 1.82) is 0 Å². The van der Waals surface area contributed by atoms with Gasteiger partial charge in [-0.05, 0) is 30.6 Å². The van der Waals surface area contributed by atoms with Gasteiger partial charge < -0.3 is 4.74 Å². The van der Waals surface area contributed by atoms with Crippen LogP contribution >= 0.6 is 0 Å². The molecule has 2 fully saturated rings. The highest BCUT2D eigenvalue weighted by molar-refractivity contribution is 5.74. The molecule has 0 bridgehead atoms. The Bertz CT molecular complexity index is 200. The predicted octanol–water partition coefficient (Wildman–Crippen LogP) is 1.84. The van der Waals surface area contributed by atoms with Crippen molar-refractivity contribution in [3.05, 3.63) is 0 Å². The number of hydrogen-bond donors (Lipinski definition) is 0. The number of carbonyl (C=O) groups excluding carboxylic acids is 1. The molecule has 0 N–H and O–H groups in total. The Labute approximate surface area is 73.3 Å². The van der Waals surface area contributed by atoms with Crippen LogP contribution in [0, 0.1) is 23.7 Å². The largest absolute Gasteiger partial charge is 0.465 e. The first-order valence-corrected chi connectivity index (χ1v) is 4.87. The first kappa shape index (κ1) is 8.09. The lowest BCUT2D eigenvalue weighted by Crippen LogP contribution is -2.37. The van der Waals surface area contributed by atoms with E-state index in [1.165, 1.54) is 12.8 Å². The molecule has 0 aromatic heterocycles. The maximum atomic E-state index is 11.4. The summed E-state index contributed by atoms with van der Waals surface area (Å²) >= 11 is 0. The normalized spacial score (nSPS) is 47.0. The number of ether oxygens (including phenoxy) is 1. The molecule has 0 radical (unpaired) electrons. The van der Waals surface area contributed by atoms with Crippen molar-refractivity contribution < 1.29 is 9.53 Å². The van der Waals surface area contributed by atoms with Gasteiger partial charge in [0, 0.05) is 0 Å². The molecule has 1 saturated carbocycles. The van der Waals surface area contributed by atoms with Crippen LogP contribution in [0.15, 0.2) is 0 Å². The number of carbonyl (C=O) groups is 1. The third-order valence-corrected chi connectivity index (χ3v) is 3.52. The molecule has 0 aromatic rings. The highest BCUT2D eigenvalue weighted by atomic mass is 16.5. The lowest BCUT2D eigenvalue weighted by atomic mass is 9.81. The minimum Gasteiger partial charge on any atom is -0.465 e. The van der Waals surface area contributed by atoms with Gasteiger partial charge in [0.25, 0.3) is 0 Å². The topological polar surface area (TPSA) is 26.3 Å². The average molecular weight is 168 g/mol. The lowest BCUT2D eigenvalue weighted by Gasteiger charge is -2.31. The fraction of sp³-hybridized carbons (Fsp3) is 0.900. The Kier molecular flexibility index (Phi) is 1.85. The van der Waals surface area contributed by atoms with E-state index in [0.29, 0.717) is 24.4 Å². The van der Waals surface area contributed by atoms with E-state index in [2.05, 4.69) is 13.8 Å². The Hall–Kier alpha value is -0.530. The Morgan fingerprint density at radius 2 is 2.00 bits per heavy atom. The molecule has 1 heterocycles. The number of rotatable bonds is 0. The summed E-state index contributed by atoms with van der Waals surface area (Å²) < 4.78 is 5.14. The molecule has 4 atom stereocenters. The number of cyclic esters (lactones) is 1. The van der Waals surface area contributed by atoms with E-state index in [1.54, 1.807) is 0 Å². The molecule has 1 saturated heterocycles. The lowest BCUT2D eigenvalue weighted by molar-refractivity contribution is -0.160. The molecule has 0 unspecified atom stereocenters. The van der Waals surface area contributed by atoms with Crippen LogP contribution < -0.4 is 0 Å². The fourth-order valence-electron chi connectivity index (χ4n) is 2.72. The summed E-state index contributed by atoms with van der Waals surface area (Å²) in [6.07, 6.45) is 2.43. The average Bonchev–Trinajstić information content (AvgIpc) is 2.42. The maximum Gasteiger partial charge on any atom is 0.309 e. The van der Waals surface area contributed by atoms with Crippen LogP contribution in [0.4, 0.5) is 0 Å². The summed E-state index contributed by atoms with van der Waals surface area (Å²) in [7, 11) is 0. The van der Waals surface area contributed by atoms with Gasteiger partial charge in [-0.3, -0.25) is 4.79 Å². The zero-order valence-corrected chi connectivity index (χ0v) is 7.75. The van der Waals surface area contributed by atoms with Crippen LogP contribution in [0.5, 0.6) is 0 Å². The second-order valence-electron chi connectivity index (χ2n) is 4.35. The summed E-state index contributed by atoms with van der Waals surface area (Å²) in [5, 5.41) is 0. The Morgan fingerprint density at radius 3 is 2.67 bits per heavy atom. The minimum atomic E-state index is 0.0584. The van der Waals surface area contributed by atoms with Crippen molar-refractivity contribution in [2.75, 3.05) is 6.61 Å². The minimum absolute atomic E-state index is 0.0584. The maximum absolute atomic E-state index is 11.4. The van der Waals surface area contributed by atoms with Crippen molar-refractivity contribution in [1.82, 2.24) is 0 Å². The van der Waals surface area contributed by atoms with Crippen LogP contribution in [-0.4, -0.2) is 12.6 Å². The van der Waals surface area contributed by atoms with Gasteiger partial charge in [0.2, 0.25) is 0 Å². The van der Waals surface area contributed by atoms with Gasteiger partial charge in [-0.25, -0.2) is 0 Å². The Balaban J connectivity index is 2.18. The van der Waals surface area contributed by atoms with Crippen molar-refractivity contribution in [3.63, 3.8) is 0 Å². The van der Waals surface area contributed by atoms with Gasteiger partial charge in [-0.2, -0.15) is 0 Å². The third-order valence-electron chi connectivity index (χ3n) is 3.52. The Morgan fingerprint density at radius 1 is 1.25 bits per heavy atom. The summed E-state index contributed by atoms with van der Waals surface area (Å²) in [4.78, 5) is 11.4. The molecular weight excluding hydrogens is 152 g/mol. The molecule has 0 spiro atoms. The first-order chi connectivity index (χ1) is 5.70. The van der Waals surface area contributed by atoms with E-state index in [1.807, 2.05) is 0 Å². The van der Waals surface area contributed by atoms with Crippen LogP contribution in [0.3, 0.4) is 0 Å². The summed E-state index contributed by atoms with van der Waals surface area (Å²) in [6.45, 7) is 5.01. The summed E-state index contributed by atoms with van der Waals surface area (Å²) in [5.74, 6) is 2.01. The van der Waals surface area contributed by atoms with E-state index in [9.17, 15) is 4.79 Å². The van der Waals surface area contributed by atoms with E-state index < -0.39 is 0 Å². The van der Waals surface area contributed by atoms with Gasteiger partial charge in [0.15, 0.2) is 0 Å². The van der Waals surface area contributed by atoms with Gasteiger partial charge in [0.05, 0.1) is 12.5 Å². The van der Waals surface area contributed by atoms with Crippen LogP contribution in [0.1, 0.15) is 26.7 Å². The van der Waals surface area contributed by atoms with E-state index in [-0.39, 0.29) is 11.9 Å². The summed E-state index contributed by atoms with van der Waals surface area (Å²) in [5.41, 5.74) is 0. The molecular formula is C10H16O2. The van der Waals surface area contributed by atoms with Crippen molar-refractivity contribution >= 4 is 5.97 Å². The molecule has 0 amide bonds. The molecule has 2 rings (SSSR count). The summed E-state index contributed by atoms with van der Waals surface area (Å²) in [6, 6.07) is 0. The van der Waals surface area contributed by atoms with Gasteiger partial charge in [0.1, 0.15) is 0 Å². The third kappa shape index (κ3) is 1.05. The van der Waals surface area contributed by atoms with Crippen LogP contribution in [0.25, 0.3) is 0 Å². The van der Waals surface area contributed by atoms with Gasteiger partial charge in [-0.1, -0.05) is 13.8 Å². The van der Waals surface area contributed by atoms with E-state index in [0.717, 1.165) is 0 Å². The fourth-order valence-corrected chi connectivity index (χ4v) is 2.72. The number of fused-ring (bicyclic) bond motifs is 1. The van der Waals surface area contributed by atoms with Gasteiger partial charge >= 0.3 is 5.97 Å². The second kappa shape index (κ2) is 2.75. The SMILES string of the molecule is C[C@@H]1COC(=O)[C@@H]2[C@H]1CC[C@H]2C. The molecule has 2 nitrogen and oxygen atoms in total. The standard InChI is InChI=1S/C10H16O2/c1-6-3-4-8-7(2)5-12-10(11)9(6)8/h6-9H,3-5H2,1-2H3/t6-,7-,8+,9+/m1/s1. The quantitative estimate of drug-likeness (QED) is 0.516. The number of hydrogen-bond acceptors (Lipinski definition) is 2. The number of esters is 1. The molecule has 0 aromatic carbocycles. The predicted molar refractivity (Wildman–Crippen MR) is 45.5 cm³/mol. The molecule has 2 aliphatic rings. The molecule has 2 heteroatoms. The highest BCUT2D eigenvalue weighted by Gasteiger charge is 2.45. The highest BCUT2D eigenvalue weighted by Crippen LogP contribution is 2.44. The molecule has 12 heavy (non-hydrogen) atoms. The second-order valence-corrected chi connectivity index (χ2v) is 4.35. The van der Waals surface area contributed by atoms with E-state index >= 15 is 0 Å². The smallest absolute Gasteiger partial charge is 0.309 e. The van der Waals surface area contributed by atoms with E-state index in [4.69, 9.17) is 4.74 Å². The van der Waals surface area contributed by atoms with Gasteiger partial charge in [-0.15, -0.1) is 0 Å². The van der Waals surface area contributed by atoms with Crippen molar-refractivity contribution in [3.8, 4) is 0 Å². The van der Waals surface area contributed by atoms with Crippen LogP contribution in [-0.2, 0) is 9.53 Å². The molecule has 68 valence electrons. The molecule has 1 aliphatic heterocycles. The van der Waals surface area contributed by atoms with Crippen molar-refractivity contribution in [2.24, 2.45) is 23.7 Å². The van der Waals surface area contributed by atoms with Crippen LogP contribution in [0.2, 0.25) is 0 Å². The van der Waals surface area contributed by atoms with Crippen molar-refractivity contribution in [2.45, 2.75) is 26.7 Å². The zero-order chi connectivity index (χ0) is 8.72. The molecule has 1 aliphatic carbocycles. The monoisotopic (exact) mass is 168 g/mol. The first-order valence-electron chi connectivity index (χ1n) is 4.87. The zero-order valence-electron chi connectivity index (χ0n) is 7.75.